The van der Waals surface area contributed by atoms with Gasteiger partial charge in [0.15, 0.2) is 29.0 Å². The summed E-state index contributed by atoms with van der Waals surface area (Å²) in [6.45, 7) is 1.81. The van der Waals surface area contributed by atoms with Crippen molar-refractivity contribution in [2.75, 3.05) is 5.32 Å². The van der Waals surface area contributed by atoms with Crippen molar-refractivity contribution in [1.29, 1.82) is 0 Å². The van der Waals surface area contributed by atoms with E-state index in [9.17, 15) is 39.9 Å². The van der Waals surface area contributed by atoms with Crippen molar-refractivity contribution < 1.29 is 39.9 Å². The number of aromatic nitrogens is 4. The molecule has 1 N–H and O–H groups in total. The Kier molecular flexibility index (Phi) is 5.74. The Labute approximate surface area is 174 Å². The molecule has 0 saturated carbocycles. The first-order chi connectivity index (χ1) is 14.7. The van der Waals surface area contributed by atoms with Crippen LogP contribution in [0.1, 0.15) is 33.1 Å². The molecule has 0 radical (unpaired) electrons. The molecule has 0 atom stereocenters. The molecule has 6 nitrogen and oxygen atoms in total. The Balaban J connectivity index is 1.92. The highest BCUT2D eigenvalue weighted by Crippen LogP contribution is 2.30. The Morgan fingerprint density at radius 2 is 1.50 bits per heavy atom. The predicted octanol–water partition coefficient (Wildman–Crippen LogP) is 4.25. The Morgan fingerprint density at radius 3 is 2.00 bits per heavy atom. The van der Waals surface area contributed by atoms with Gasteiger partial charge in [-0.2, -0.15) is 23.4 Å². The van der Waals surface area contributed by atoms with Crippen LogP contribution in [0.5, 0.6) is 0 Å². The van der Waals surface area contributed by atoms with Gasteiger partial charge in [-0.25, -0.2) is 22.0 Å². The lowest BCUT2D eigenvalue weighted by atomic mass is 10.1. The zero-order valence-electron chi connectivity index (χ0n) is 16.5. The van der Waals surface area contributed by atoms with Gasteiger partial charge in [0, 0.05) is 13.1 Å². The van der Waals surface area contributed by atoms with Crippen molar-refractivity contribution in [1.82, 2.24) is 19.6 Å². The Hall–Kier alpha value is -3.45. The molecule has 3 rings (SSSR count). The number of anilines is 1. The van der Waals surface area contributed by atoms with Gasteiger partial charge in [-0.1, -0.05) is 0 Å². The normalized spacial score (nSPS) is 11.8. The number of carbonyl (C=O) groups excluding carboxylic acids is 1. The van der Waals surface area contributed by atoms with E-state index < -0.39 is 64.7 Å². The van der Waals surface area contributed by atoms with E-state index >= 15 is 0 Å². The van der Waals surface area contributed by atoms with Gasteiger partial charge < -0.3 is 5.32 Å². The van der Waals surface area contributed by atoms with Crippen LogP contribution in [-0.4, -0.2) is 25.5 Å². The summed E-state index contributed by atoms with van der Waals surface area (Å²) in [5.41, 5.74) is -2.79. The van der Waals surface area contributed by atoms with Gasteiger partial charge in [0.05, 0.1) is 29.2 Å². The quantitative estimate of drug-likeness (QED) is 0.355. The molecular weight excluding hydrogens is 454 g/mol. The van der Waals surface area contributed by atoms with Gasteiger partial charge in [0.1, 0.15) is 5.69 Å². The number of hydrogen-bond donors (Lipinski definition) is 1. The third-order valence-corrected chi connectivity index (χ3v) is 4.63. The lowest BCUT2D eigenvalue weighted by Crippen LogP contribution is -2.15. The lowest BCUT2D eigenvalue weighted by molar-refractivity contribution is -0.143. The fourth-order valence-electron chi connectivity index (χ4n) is 2.99. The minimum atomic E-state index is -4.75. The Morgan fingerprint density at radius 1 is 0.969 bits per heavy atom. The largest absolute Gasteiger partial charge is 0.433 e. The van der Waals surface area contributed by atoms with Gasteiger partial charge in [-0.05, 0) is 13.8 Å². The molecule has 0 aliphatic rings. The smallest absolute Gasteiger partial charge is 0.317 e. The summed E-state index contributed by atoms with van der Waals surface area (Å²) in [5.74, 6) is -11.6. The third-order valence-electron chi connectivity index (χ3n) is 4.63. The molecule has 1 aromatic carbocycles. The maximum absolute atomic E-state index is 14.0. The molecule has 1 amide bonds. The molecule has 2 heterocycles. The Bertz CT molecular complexity index is 1200. The summed E-state index contributed by atoms with van der Waals surface area (Å²) in [5, 5.41) is 9.69. The van der Waals surface area contributed by atoms with Gasteiger partial charge in [0.2, 0.25) is 5.82 Å². The molecule has 0 bridgehead atoms. The van der Waals surface area contributed by atoms with Crippen LogP contribution in [0, 0.1) is 42.9 Å². The minimum Gasteiger partial charge on any atom is -0.317 e. The average molecular weight is 467 g/mol. The SMILES string of the molecule is Cc1nn(Cc2c(F)c(F)c(F)c(F)c2F)c(C)c1NC(=O)c1cc(C(F)(F)F)n(C)n1. The molecule has 0 aliphatic heterocycles. The topological polar surface area (TPSA) is 64.7 Å². The lowest BCUT2D eigenvalue weighted by Gasteiger charge is -2.10. The second-order valence-electron chi connectivity index (χ2n) is 6.74. The van der Waals surface area contributed by atoms with Gasteiger partial charge in [-0.15, -0.1) is 0 Å². The van der Waals surface area contributed by atoms with E-state index in [1.54, 1.807) is 0 Å². The van der Waals surface area contributed by atoms with Crippen molar-refractivity contribution in [3.63, 3.8) is 0 Å². The number of amides is 1. The second-order valence-corrected chi connectivity index (χ2v) is 6.74. The van der Waals surface area contributed by atoms with Crippen LogP contribution in [0.4, 0.5) is 40.8 Å². The fourth-order valence-corrected chi connectivity index (χ4v) is 2.99. The van der Waals surface area contributed by atoms with Crippen LogP contribution in [0.15, 0.2) is 6.07 Å². The number of alkyl halides is 3. The van der Waals surface area contributed by atoms with Gasteiger partial charge >= 0.3 is 6.18 Å². The fraction of sp³-hybridized carbons (Fsp3) is 0.278. The monoisotopic (exact) mass is 467 g/mol. The summed E-state index contributed by atoms with van der Waals surface area (Å²) >= 11 is 0. The van der Waals surface area contributed by atoms with E-state index in [-0.39, 0.29) is 17.1 Å². The molecule has 0 fully saturated rings. The van der Waals surface area contributed by atoms with Crippen molar-refractivity contribution >= 4 is 11.6 Å². The standard InChI is InChI=1S/C18H13F8N5O/c1-6-16(27-17(32)9-4-10(18(24,25)26)30(3)29-9)7(2)31(28-6)5-8-11(19)13(21)15(23)14(22)12(8)20/h4H,5H2,1-3H3,(H,27,32). The molecule has 0 spiro atoms. The van der Waals surface area contributed by atoms with Crippen LogP contribution in [0.2, 0.25) is 0 Å². The molecule has 0 aliphatic carbocycles. The number of nitrogens with zero attached hydrogens (tertiary/aromatic N) is 4. The van der Waals surface area contributed by atoms with Crippen LogP contribution in [-0.2, 0) is 19.8 Å². The van der Waals surface area contributed by atoms with Crippen LogP contribution < -0.4 is 5.32 Å². The molecule has 0 saturated heterocycles. The molecule has 32 heavy (non-hydrogen) atoms. The highest BCUT2D eigenvalue weighted by atomic mass is 19.4. The minimum absolute atomic E-state index is 0.0296. The zero-order valence-corrected chi connectivity index (χ0v) is 16.5. The van der Waals surface area contributed by atoms with Crippen LogP contribution >= 0.6 is 0 Å². The van der Waals surface area contributed by atoms with Gasteiger partial charge in [-0.3, -0.25) is 14.2 Å². The van der Waals surface area contributed by atoms with Crippen molar-refractivity contribution in [3.05, 3.63) is 63.5 Å². The van der Waals surface area contributed by atoms with E-state index in [4.69, 9.17) is 0 Å². The first kappa shape index (κ1) is 23.2. The summed E-state index contributed by atoms with van der Waals surface area (Å²) in [4.78, 5) is 12.4. The number of benzene rings is 1. The number of rotatable bonds is 4. The third kappa shape index (κ3) is 3.91. The molecule has 3 aromatic rings. The highest BCUT2D eigenvalue weighted by Gasteiger charge is 2.36. The van der Waals surface area contributed by atoms with Crippen molar-refractivity contribution in [2.45, 2.75) is 26.6 Å². The van der Waals surface area contributed by atoms with Crippen LogP contribution in [0.25, 0.3) is 0 Å². The summed E-state index contributed by atoms with van der Waals surface area (Å²) in [7, 11) is 0.998. The summed E-state index contributed by atoms with van der Waals surface area (Å²) in [6, 6.07) is 0.527. The van der Waals surface area contributed by atoms with E-state index in [1.165, 1.54) is 13.8 Å². The number of nitrogens with one attached hydrogen (secondary N) is 1. The molecule has 172 valence electrons. The number of hydrogen-bond acceptors (Lipinski definition) is 3. The highest BCUT2D eigenvalue weighted by molar-refractivity contribution is 6.03. The molecule has 0 unspecified atom stereocenters. The number of carbonyl (C=O) groups is 1. The molecular formula is C18H13F8N5O. The zero-order chi connectivity index (χ0) is 24.1. The van der Waals surface area contributed by atoms with Gasteiger partial charge in [0.25, 0.3) is 5.91 Å². The summed E-state index contributed by atoms with van der Waals surface area (Å²) < 4.78 is 108. The van der Waals surface area contributed by atoms with E-state index in [2.05, 4.69) is 15.5 Å². The maximum atomic E-state index is 14.0. The molecule has 2 aromatic heterocycles. The summed E-state index contributed by atoms with van der Waals surface area (Å²) in [6.07, 6.45) is -4.75. The number of aryl methyl sites for hydroxylation is 2. The first-order valence-electron chi connectivity index (χ1n) is 8.70. The van der Waals surface area contributed by atoms with E-state index in [0.717, 1.165) is 11.7 Å². The van der Waals surface area contributed by atoms with E-state index in [1.807, 2.05) is 0 Å². The van der Waals surface area contributed by atoms with Crippen molar-refractivity contribution in [3.8, 4) is 0 Å². The van der Waals surface area contributed by atoms with Crippen LogP contribution in [0.3, 0.4) is 0 Å². The predicted molar refractivity (Wildman–Crippen MR) is 93.2 cm³/mol. The van der Waals surface area contributed by atoms with E-state index in [0.29, 0.717) is 10.7 Å². The molecule has 14 heteroatoms. The van der Waals surface area contributed by atoms with Crippen molar-refractivity contribution in [2.24, 2.45) is 7.05 Å². The second kappa shape index (κ2) is 7.91. The average Bonchev–Trinajstić information content (AvgIpc) is 3.23. The maximum Gasteiger partial charge on any atom is 0.433 e. The first-order valence-corrected chi connectivity index (χ1v) is 8.70. The number of halogens is 8.